The predicted octanol–water partition coefficient (Wildman–Crippen LogP) is 4.67. The minimum Gasteiger partial charge on any atom is -0.497 e. The lowest BCUT2D eigenvalue weighted by molar-refractivity contribution is -0.139. The van der Waals surface area contributed by atoms with E-state index in [-0.39, 0.29) is 29.1 Å². The number of ether oxygens (including phenoxy) is 1. The lowest BCUT2D eigenvalue weighted by atomic mass is 10.1. The number of nitrogens with zero attached hydrogens (tertiary/aromatic N) is 2. The predicted molar refractivity (Wildman–Crippen MR) is 153 cm³/mol. The number of nitrogens with one attached hydrogen (secondary N) is 1. The molecule has 0 radical (unpaired) electrons. The molecular formula is C30H36FN3O5S. The first-order valence-electron chi connectivity index (χ1n) is 13.0. The molecule has 0 saturated heterocycles. The highest BCUT2D eigenvalue weighted by atomic mass is 32.2. The molecule has 8 nitrogen and oxygen atoms in total. The van der Waals surface area contributed by atoms with E-state index in [2.05, 4.69) is 5.32 Å². The Bertz CT molecular complexity index is 1390. The van der Waals surface area contributed by atoms with Gasteiger partial charge in [-0.3, -0.25) is 13.9 Å². The number of carbonyl (C=O) groups excluding carboxylic acids is 2. The van der Waals surface area contributed by atoms with E-state index in [0.717, 1.165) is 9.87 Å². The number of methoxy groups -OCH3 is 1. The summed E-state index contributed by atoms with van der Waals surface area (Å²) in [6.07, 6.45) is 0.699. The van der Waals surface area contributed by atoms with Crippen LogP contribution in [0.15, 0.2) is 77.7 Å². The summed E-state index contributed by atoms with van der Waals surface area (Å²) in [6, 6.07) is 17.2. The smallest absolute Gasteiger partial charge is 0.264 e. The maximum atomic E-state index is 13.9. The van der Waals surface area contributed by atoms with Gasteiger partial charge in [0.2, 0.25) is 11.8 Å². The Balaban J connectivity index is 2.02. The third-order valence-corrected chi connectivity index (χ3v) is 8.47. The zero-order valence-corrected chi connectivity index (χ0v) is 24.2. The van der Waals surface area contributed by atoms with Crippen LogP contribution in [0.5, 0.6) is 5.75 Å². The molecule has 0 spiro atoms. The monoisotopic (exact) mass is 569 g/mol. The zero-order chi connectivity index (χ0) is 29.4. The standard InChI is InChI=1S/C30H36FN3O5S/c1-6-22(3)32-30(36)23(4)33(19-24-9-11-25(31)12-10-24)29(35)20-34(26-13-15-27(39-5)16-14-26)40(37,38)28-17-7-21(2)8-18-28/h7-18,22-23H,6,19-20H2,1-5H3,(H,32,36)/t22-,23+/m1/s1. The average Bonchev–Trinajstić information content (AvgIpc) is 2.95. The Morgan fingerprint density at radius 3 is 2.10 bits per heavy atom. The molecule has 1 N–H and O–H groups in total. The molecule has 40 heavy (non-hydrogen) atoms. The van der Waals surface area contributed by atoms with Crippen molar-refractivity contribution in [1.82, 2.24) is 10.2 Å². The molecule has 2 atom stereocenters. The van der Waals surface area contributed by atoms with E-state index in [1.54, 1.807) is 43.3 Å². The molecule has 0 heterocycles. The molecule has 2 amide bonds. The molecule has 0 aliphatic heterocycles. The van der Waals surface area contributed by atoms with Crippen LogP contribution in [0.25, 0.3) is 0 Å². The van der Waals surface area contributed by atoms with Crippen molar-refractivity contribution >= 4 is 27.5 Å². The van der Waals surface area contributed by atoms with Gasteiger partial charge in [-0.2, -0.15) is 0 Å². The Labute approximate surface area is 235 Å². The van der Waals surface area contributed by atoms with Gasteiger partial charge in [0.1, 0.15) is 24.2 Å². The van der Waals surface area contributed by atoms with Gasteiger partial charge >= 0.3 is 0 Å². The van der Waals surface area contributed by atoms with E-state index >= 15 is 0 Å². The number of sulfonamides is 1. The van der Waals surface area contributed by atoms with Crippen LogP contribution in [0, 0.1) is 12.7 Å². The highest BCUT2D eigenvalue weighted by Crippen LogP contribution is 2.27. The molecule has 0 aliphatic carbocycles. The van der Waals surface area contributed by atoms with Crippen molar-refractivity contribution < 1.29 is 27.1 Å². The molecule has 3 aromatic rings. The van der Waals surface area contributed by atoms with E-state index in [9.17, 15) is 22.4 Å². The van der Waals surface area contributed by atoms with Crippen LogP contribution in [0.4, 0.5) is 10.1 Å². The first kappa shape index (κ1) is 30.6. The maximum Gasteiger partial charge on any atom is 0.264 e. The molecule has 0 aromatic heterocycles. The Kier molecular flexibility index (Phi) is 10.3. The Hall–Kier alpha value is -3.92. The van der Waals surface area contributed by atoms with E-state index < -0.39 is 34.3 Å². The van der Waals surface area contributed by atoms with Crippen molar-refractivity contribution in [1.29, 1.82) is 0 Å². The van der Waals surface area contributed by atoms with Crippen molar-refractivity contribution in [3.05, 3.63) is 89.7 Å². The number of carbonyl (C=O) groups is 2. The van der Waals surface area contributed by atoms with Crippen molar-refractivity contribution in [3.63, 3.8) is 0 Å². The van der Waals surface area contributed by atoms with Gasteiger partial charge < -0.3 is 15.0 Å². The van der Waals surface area contributed by atoms with Crippen LogP contribution in [-0.2, 0) is 26.2 Å². The van der Waals surface area contributed by atoms with E-state index in [1.165, 1.54) is 48.4 Å². The second kappa shape index (κ2) is 13.4. The van der Waals surface area contributed by atoms with E-state index in [4.69, 9.17) is 4.74 Å². The van der Waals surface area contributed by atoms with Gasteiger partial charge in [0.25, 0.3) is 10.0 Å². The zero-order valence-electron chi connectivity index (χ0n) is 23.4. The molecule has 0 fully saturated rings. The van der Waals surface area contributed by atoms with Gasteiger partial charge in [0.15, 0.2) is 0 Å². The molecule has 3 rings (SSSR count). The van der Waals surface area contributed by atoms with E-state index in [0.29, 0.717) is 17.7 Å². The van der Waals surface area contributed by atoms with Crippen LogP contribution in [0.2, 0.25) is 0 Å². The number of anilines is 1. The van der Waals surface area contributed by atoms with Crippen molar-refractivity contribution in [3.8, 4) is 5.75 Å². The van der Waals surface area contributed by atoms with Crippen LogP contribution >= 0.6 is 0 Å². The summed E-state index contributed by atoms with van der Waals surface area (Å²) in [5.41, 5.74) is 1.74. The molecule has 0 unspecified atom stereocenters. The second-order valence-electron chi connectivity index (χ2n) is 9.66. The highest BCUT2D eigenvalue weighted by molar-refractivity contribution is 7.92. The first-order chi connectivity index (χ1) is 19.0. The molecule has 0 saturated carbocycles. The summed E-state index contributed by atoms with van der Waals surface area (Å²) >= 11 is 0. The summed E-state index contributed by atoms with van der Waals surface area (Å²) in [7, 11) is -2.67. The number of halogens is 1. The lowest BCUT2D eigenvalue weighted by Crippen LogP contribution is -2.52. The van der Waals surface area contributed by atoms with Gasteiger partial charge in [0.05, 0.1) is 17.7 Å². The van der Waals surface area contributed by atoms with Gasteiger partial charge in [-0.15, -0.1) is 0 Å². The average molecular weight is 570 g/mol. The Morgan fingerprint density at radius 2 is 1.55 bits per heavy atom. The lowest BCUT2D eigenvalue weighted by Gasteiger charge is -2.32. The van der Waals surface area contributed by atoms with Gasteiger partial charge in [-0.05, 0) is 81.3 Å². The number of benzene rings is 3. The fourth-order valence-electron chi connectivity index (χ4n) is 3.95. The van der Waals surface area contributed by atoms with Crippen molar-refractivity contribution in [2.45, 2.75) is 57.6 Å². The SMILES string of the molecule is CC[C@@H](C)NC(=O)[C@H](C)N(Cc1ccc(F)cc1)C(=O)CN(c1ccc(OC)cc1)S(=O)(=O)c1ccc(C)cc1. The third-order valence-electron chi connectivity index (χ3n) is 6.68. The van der Waals surface area contributed by atoms with E-state index in [1.807, 2.05) is 20.8 Å². The van der Waals surface area contributed by atoms with Crippen molar-refractivity contribution in [2.75, 3.05) is 18.0 Å². The largest absolute Gasteiger partial charge is 0.497 e. The maximum absolute atomic E-state index is 13.9. The number of amides is 2. The molecule has 3 aromatic carbocycles. The number of hydrogen-bond donors (Lipinski definition) is 1. The molecule has 0 aliphatic rings. The summed E-state index contributed by atoms with van der Waals surface area (Å²) in [4.78, 5) is 28.3. The minimum absolute atomic E-state index is 0.0186. The van der Waals surface area contributed by atoms with Crippen LogP contribution in [0.3, 0.4) is 0 Å². The van der Waals surface area contributed by atoms with Crippen LogP contribution in [0.1, 0.15) is 38.3 Å². The minimum atomic E-state index is -4.17. The van der Waals surface area contributed by atoms with Gasteiger partial charge in [0, 0.05) is 12.6 Å². The first-order valence-corrected chi connectivity index (χ1v) is 14.5. The number of aryl methyl sites for hydroxylation is 1. The highest BCUT2D eigenvalue weighted by Gasteiger charge is 2.32. The number of hydrogen-bond acceptors (Lipinski definition) is 5. The summed E-state index contributed by atoms with van der Waals surface area (Å²) in [5.74, 6) is -0.875. The fraction of sp³-hybridized carbons (Fsp3) is 0.333. The van der Waals surface area contributed by atoms with Crippen LogP contribution in [-0.4, -0.2) is 50.9 Å². The topological polar surface area (TPSA) is 96.0 Å². The Morgan fingerprint density at radius 1 is 0.950 bits per heavy atom. The van der Waals surface area contributed by atoms with Gasteiger partial charge in [-0.1, -0.05) is 36.8 Å². The second-order valence-corrected chi connectivity index (χ2v) is 11.5. The van der Waals surface area contributed by atoms with Crippen molar-refractivity contribution in [2.24, 2.45) is 0 Å². The fourth-order valence-corrected chi connectivity index (χ4v) is 5.36. The molecule has 10 heteroatoms. The summed E-state index contributed by atoms with van der Waals surface area (Å²) in [5, 5.41) is 2.88. The van der Waals surface area contributed by atoms with Gasteiger partial charge in [-0.25, -0.2) is 12.8 Å². The summed E-state index contributed by atoms with van der Waals surface area (Å²) in [6.45, 7) is 6.64. The third kappa shape index (κ3) is 7.59. The molecule has 0 bridgehead atoms. The van der Waals surface area contributed by atoms with Crippen LogP contribution < -0.4 is 14.4 Å². The summed E-state index contributed by atoms with van der Waals surface area (Å²) < 4.78 is 47.5. The molecule has 214 valence electrons. The molecular weight excluding hydrogens is 533 g/mol. The number of rotatable bonds is 12. The normalized spacial score (nSPS) is 12.8. The quantitative estimate of drug-likeness (QED) is 0.342.